The van der Waals surface area contributed by atoms with Gasteiger partial charge in [-0.3, -0.25) is 0 Å². The van der Waals surface area contributed by atoms with E-state index in [9.17, 15) is 5.11 Å². The van der Waals surface area contributed by atoms with Crippen molar-refractivity contribution in [3.63, 3.8) is 0 Å². The first-order chi connectivity index (χ1) is 7.74. The summed E-state index contributed by atoms with van der Waals surface area (Å²) >= 11 is 0. The number of aliphatic hydroxyl groups is 2. The van der Waals surface area contributed by atoms with Gasteiger partial charge in [0.05, 0.1) is 17.8 Å². The summed E-state index contributed by atoms with van der Waals surface area (Å²) in [7, 11) is 0.470. The molecule has 0 bridgehead atoms. The maximum atomic E-state index is 9.97. The van der Waals surface area contributed by atoms with E-state index in [-0.39, 0.29) is 6.61 Å². The second-order valence-corrected chi connectivity index (χ2v) is 5.51. The quantitative estimate of drug-likeness (QED) is 0.640. The topological polar surface area (TPSA) is 49.7 Å². The van der Waals surface area contributed by atoms with Gasteiger partial charge in [-0.15, -0.1) is 0 Å². The van der Waals surface area contributed by atoms with Gasteiger partial charge >= 0.3 is 7.48 Å². The van der Waals surface area contributed by atoms with E-state index in [1.165, 1.54) is 0 Å². The highest BCUT2D eigenvalue weighted by atomic mass is 16.5. The van der Waals surface area contributed by atoms with E-state index < -0.39 is 11.2 Å². The van der Waals surface area contributed by atoms with Gasteiger partial charge in [0.25, 0.3) is 0 Å². The van der Waals surface area contributed by atoms with Crippen LogP contribution >= 0.6 is 0 Å². The van der Waals surface area contributed by atoms with Crippen molar-refractivity contribution in [1.82, 2.24) is 0 Å². The maximum Gasteiger partial charge on any atom is 0.305 e. The van der Waals surface area contributed by atoms with Crippen LogP contribution in [0.5, 0.6) is 0 Å². The summed E-state index contributed by atoms with van der Waals surface area (Å²) in [6.07, 6.45) is 4.96. The van der Waals surface area contributed by atoms with E-state index in [0.29, 0.717) is 7.48 Å². The molecule has 0 aromatic rings. The van der Waals surface area contributed by atoms with Gasteiger partial charge in [-0.1, -0.05) is 31.3 Å². The van der Waals surface area contributed by atoms with Gasteiger partial charge in [0, 0.05) is 0 Å². The Kier molecular flexibility index (Phi) is 7.06. The molecule has 0 radical (unpaired) electrons. The van der Waals surface area contributed by atoms with Crippen LogP contribution in [0.3, 0.4) is 0 Å². The first-order valence-electron chi connectivity index (χ1n) is 6.39. The van der Waals surface area contributed by atoms with Crippen molar-refractivity contribution in [3.8, 4) is 0 Å². The van der Waals surface area contributed by atoms with E-state index in [1.54, 1.807) is 19.9 Å². The Morgan fingerprint density at radius 3 is 2.29 bits per heavy atom. The fourth-order valence-electron chi connectivity index (χ4n) is 1.22. The number of hydrogen-bond acceptors (Lipinski definition) is 3. The molecule has 0 fully saturated rings. The van der Waals surface area contributed by atoms with Crippen molar-refractivity contribution >= 4 is 7.48 Å². The third-order valence-electron chi connectivity index (χ3n) is 3.32. The molecule has 0 atom stereocenters. The fourth-order valence-corrected chi connectivity index (χ4v) is 1.22. The van der Waals surface area contributed by atoms with Crippen LogP contribution in [0.25, 0.3) is 0 Å². The molecule has 100 valence electrons. The van der Waals surface area contributed by atoms with Crippen LogP contribution in [0.2, 0.25) is 0 Å². The number of unbranched alkanes of at least 4 members (excludes halogenated alkanes) is 1. The van der Waals surface area contributed by atoms with Crippen LogP contribution in [0.15, 0.2) is 11.5 Å². The average molecular weight is 242 g/mol. The molecule has 0 aromatic heterocycles. The Bertz CT molecular complexity index is 242. The predicted octanol–water partition coefficient (Wildman–Crippen LogP) is 1.97. The summed E-state index contributed by atoms with van der Waals surface area (Å²) in [4.78, 5) is 0. The van der Waals surface area contributed by atoms with Crippen LogP contribution < -0.4 is 0 Å². The highest BCUT2D eigenvalue weighted by Crippen LogP contribution is 2.25. The van der Waals surface area contributed by atoms with E-state index in [4.69, 9.17) is 9.76 Å². The van der Waals surface area contributed by atoms with Crippen LogP contribution in [0.4, 0.5) is 0 Å². The lowest BCUT2D eigenvalue weighted by Crippen LogP contribution is -2.48. The number of hydrogen-bond donors (Lipinski definition) is 2. The van der Waals surface area contributed by atoms with Gasteiger partial charge in [-0.2, -0.15) is 0 Å². The van der Waals surface area contributed by atoms with Gasteiger partial charge in [0.15, 0.2) is 0 Å². The van der Waals surface area contributed by atoms with Crippen molar-refractivity contribution in [1.29, 1.82) is 0 Å². The summed E-state index contributed by atoms with van der Waals surface area (Å²) in [6, 6.07) is 0. The number of aliphatic hydroxyl groups excluding tert-OH is 1. The molecule has 0 aliphatic carbocycles. The fraction of sp³-hybridized carbons (Fsp3) is 0.846. The highest BCUT2D eigenvalue weighted by molar-refractivity contribution is 6.38. The lowest BCUT2D eigenvalue weighted by Gasteiger charge is -2.37. The van der Waals surface area contributed by atoms with E-state index in [1.807, 2.05) is 13.8 Å². The molecule has 0 aliphatic heterocycles. The molecule has 0 saturated heterocycles. The first kappa shape index (κ1) is 16.7. The summed E-state index contributed by atoms with van der Waals surface area (Å²) in [5.74, 6) is 0. The molecule has 0 heterocycles. The summed E-state index contributed by atoms with van der Waals surface area (Å²) in [6.45, 7) is 9.43. The second kappa shape index (κ2) is 7.19. The Hall–Kier alpha value is -0.315. The minimum atomic E-state index is -0.887. The van der Waals surface area contributed by atoms with Gasteiger partial charge in [0.1, 0.15) is 0 Å². The maximum absolute atomic E-state index is 9.97. The number of rotatable bonds is 8. The summed E-state index contributed by atoms with van der Waals surface area (Å²) in [5, 5.41) is 18.9. The molecular weight excluding hydrogens is 215 g/mol. The standard InChI is InChI=1S/C13H27BO3/c1-6-7-8-11(9-10-15)14-17-13(4,5)12(2,3)16/h9,14-16H,6-8,10H2,1-5H3/b11-9+. The molecule has 3 nitrogen and oxygen atoms in total. The van der Waals surface area contributed by atoms with Crippen LogP contribution in [-0.2, 0) is 4.65 Å². The Balaban J connectivity index is 4.35. The lowest BCUT2D eigenvalue weighted by atomic mass is 9.80. The minimum absolute atomic E-state index is 0.0470. The molecule has 0 rings (SSSR count). The zero-order chi connectivity index (χ0) is 13.5. The molecule has 0 aliphatic rings. The third kappa shape index (κ3) is 6.25. The van der Waals surface area contributed by atoms with E-state index in [0.717, 1.165) is 24.7 Å². The number of allylic oxidation sites excluding steroid dienone is 1. The Morgan fingerprint density at radius 1 is 1.29 bits per heavy atom. The highest BCUT2D eigenvalue weighted by Gasteiger charge is 2.35. The minimum Gasteiger partial charge on any atom is -0.427 e. The largest absolute Gasteiger partial charge is 0.427 e. The van der Waals surface area contributed by atoms with Crippen molar-refractivity contribution in [2.24, 2.45) is 0 Å². The Morgan fingerprint density at radius 2 is 1.88 bits per heavy atom. The van der Waals surface area contributed by atoms with Crippen molar-refractivity contribution < 1.29 is 14.9 Å². The monoisotopic (exact) mass is 242 g/mol. The average Bonchev–Trinajstić information content (AvgIpc) is 2.20. The molecule has 17 heavy (non-hydrogen) atoms. The molecule has 0 saturated carbocycles. The molecule has 0 spiro atoms. The predicted molar refractivity (Wildman–Crippen MR) is 73.3 cm³/mol. The van der Waals surface area contributed by atoms with Gasteiger partial charge in [-0.05, 0) is 34.1 Å². The molecule has 4 heteroatoms. The van der Waals surface area contributed by atoms with Crippen LogP contribution in [0, 0.1) is 0 Å². The normalized spacial score (nSPS) is 13.9. The van der Waals surface area contributed by atoms with E-state index >= 15 is 0 Å². The van der Waals surface area contributed by atoms with Gasteiger partial charge in [0.2, 0.25) is 0 Å². The SMILES string of the molecule is CCCC/C(BOC(C)(C)C(C)(C)O)=C\CO. The van der Waals surface area contributed by atoms with Gasteiger partial charge in [-0.25, -0.2) is 0 Å². The van der Waals surface area contributed by atoms with Crippen molar-refractivity contribution in [3.05, 3.63) is 11.5 Å². The molecule has 2 N–H and O–H groups in total. The molecule has 0 amide bonds. The van der Waals surface area contributed by atoms with Crippen molar-refractivity contribution in [2.45, 2.75) is 65.1 Å². The van der Waals surface area contributed by atoms with Gasteiger partial charge < -0.3 is 14.9 Å². The van der Waals surface area contributed by atoms with E-state index in [2.05, 4.69) is 6.92 Å². The summed E-state index contributed by atoms with van der Waals surface area (Å²) in [5.41, 5.74) is -0.387. The zero-order valence-electron chi connectivity index (χ0n) is 11.9. The molecular formula is C13H27BO3. The third-order valence-corrected chi connectivity index (χ3v) is 3.32. The van der Waals surface area contributed by atoms with Crippen LogP contribution in [0.1, 0.15) is 53.9 Å². The smallest absolute Gasteiger partial charge is 0.305 e. The lowest BCUT2D eigenvalue weighted by molar-refractivity contribution is -0.0897. The Labute approximate surface area is 106 Å². The molecule has 0 aromatic carbocycles. The van der Waals surface area contributed by atoms with Crippen molar-refractivity contribution in [2.75, 3.05) is 6.61 Å². The van der Waals surface area contributed by atoms with Crippen LogP contribution in [-0.4, -0.2) is 35.5 Å². The second-order valence-electron chi connectivity index (χ2n) is 5.51. The zero-order valence-corrected chi connectivity index (χ0v) is 11.9. The molecule has 0 unspecified atom stereocenters. The first-order valence-corrected chi connectivity index (χ1v) is 6.39. The summed E-state index contributed by atoms with van der Waals surface area (Å²) < 4.78 is 5.78.